The number of carbonyl (C=O) groups excluding carboxylic acids is 1. The Labute approximate surface area is 149 Å². The second-order valence-electron chi connectivity index (χ2n) is 5.86. The number of hydrogen-bond acceptors (Lipinski definition) is 6. The number of anilines is 1. The number of nitrogens with zero attached hydrogens (tertiary/aromatic N) is 1. The van der Waals surface area contributed by atoms with Gasteiger partial charge in [0.25, 0.3) is 11.5 Å². The summed E-state index contributed by atoms with van der Waals surface area (Å²) in [6.07, 6.45) is 0.312. The molecule has 2 atom stereocenters. The van der Waals surface area contributed by atoms with Crippen molar-refractivity contribution in [3.05, 3.63) is 27.0 Å². The number of pyridine rings is 1. The number of amides is 1. The summed E-state index contributed by atoms with van der Waals surface area (Å²) in [5.41, 5.74) is 4.75. The average Bonchev–Trinajstić information content (AvgIpc) is 2.56. The zero-order valence-corrected chi connectivity index (χ0v) is 14.5. The molecule has 0 unspecified atom stereocenters. The van der Waals surface area contributed by atoms with Crippen LogP contribution in [0.1, 0.15) is 23.2 Å². The van der Waals surface area contributed by atoms with Gasteiger partial charge < -0.3 is 30.8 Å². The molecular weight excluding hydrogens is 352 g/mol. The minimum atomic E-state index is -0.858. The van der Waals surface area contributed by atoms with Crippen LogP contribution < -0.4 is 16.6 Å². The highest BCUT2D eigenvalue weighted by Gasteiger charge is 2.31. The Balaban J connectivity index is 2.02. The van der Waals surface area contributed by atoms with E-state index in [1.807, 2.05) is 4.90 Å². The zero-order chi connectivity index (χ0) is 18.6. The summed E-state index contributed by atoms with van der Waals surface area (Å²) in [5, 5.41) is 11.6. The molecule has 1 aromatic heterocycles. The fourth-order valence-corrected chi connectivity index (χ4v) is 2.93. The molecule has 0 spiro atoms. The molecule has 1 aliphatic heterocycles. The molecule has 1 saturated heterocycles. The maximum atomic E-state index is 12.4. The molecule has 0 saturated carbocycles. The van der Waals surface area contributed by atoms with Gasteiger partial charge in [-0.15, -0.1) is 0 Å². The summed E-state index contributed by atoms with van der Waals surface area (Å²) in [5.74, 6) is -1.41. The summed E-state index contributed by atoms with van der Waals surface area (Å²) >= 11 is 5.85. The lowest BCUT2D eigenvalue weighted by molar-refractivity contribution is -0.137. The first-order valence-electron chi connectivity index (χ1n) is 7.78. The van der Waals surface area contributed by atoms with Gasteiger partial charge in [0.1, 0.15) is 11.4 Å². The number of aromatic amines is 1. The number of carbonyl (C=O) groups is 2. The van der Waals surface area contributed by atoms with Crippen LogP contribution in [0.25, 0.3) is 0 Å². The molecule has 1 aromatic rings. The van der Waals surface area contributed by atoms with Crippen LogP contribution in [-0.2, 0) is 9.53 Å². The topological polar surface area (TPSA) is 138 Å². The zero-order valence-electron chi connectivity index (χ0n) is 13.8. The molecule has 2 heterocycles. The molecule has 1 aliphatic rings. The molecule has 0 aromatic carbocycles. The standard InChI is InChI=1S/C15H21ClN4O5/c1-25-11-7-20(5-3-12(21)22)4-2-10(11)18-14(23)8-6-9(16)13(17)19-15(8)24/h6,10-11H,2-5,7H2,1H3,(H,18,23)(H,21,22)(H3,17,19,24)/t10-,11+/m0/s1. The van der Waals surface area contributed by atoms with Gasteiger partial charge in [0.05, 0.1) is 23.6 Å². The molecule has 138 valence electrons. The van der Waals surface area contributed by atoms with E-state index in [0.717, 1.165) is 0 Å². The molecule has 10 heteroatoms. The van der Waals surface area contributed by atoms with Gasteiger partial charge >= 0.3 is 5.97 Å². The number of H-pyrrole nitrogens is 1. The maximum Gasteiger partial charge on any atom is 0.304 e. The second kappa shape index (κ2) is 8.32. The number of nitrogens with two attached hydrogens (primary N) is 1. The first kappa shape index (κ1) is 19.2. The number of carboxylic acid groups (broad SMARTS) is 1. The third-order valence-electron chi connectivity index (χ3n) is 4.17. The molecule has 0 bridgehead atoms. The van der Waals surface area contributed by atoms with E-state index in [-0.39, 0.29) is 35.0 Å². The van der Waals surface area contributed by atoms with Gasteiger partial charge in [-0.3, -0.25) is 14.4 Å². The van der Waals surface area contributed by atoms with E-state index in [1.54, 1.807) is 0 Å². The van der Waals surface area contributed by atoms with Gasteiger partial charge in [-0.1, -0.05) is 11.6 Å². The predicted octanol–water partition coefficient (Wildman–Crippen LogP) is -0.0957. The van der Waals surface area contributed by atoms with Gasteiger partial charge in [0.2, 0.25) is 0 Å². The van der Waals surface area contributed by atoms with Crippen LogP contribution in [0.3, 0.4) is 0 Å². The van der Waals surface area contributed by atoms with Crippen molar-refractivity contribution in [1.29, 1.82) is 0 Å². The lowest BCUT2D eigenvalue weighted by atomic mass is 10.0. The molecule has 2 rings (SSSR count). The number of aromatic nitrogens is 1. The fourth-order valence-electron chi connectivity index (χ4n) is 2.78. The van der Waals surface area contributed by atoms with E-state index in [9.17, 15) is 14.4 Å². The van der Waals surface area contributed by atoms with E-state index in [0.29, 0.717) is 26.1 Å². The van der Waals surface area contributed by atoms with Crippen LogP contribution in [0.5, 0.6) is 0 Å². The molecule has 1 fully saturated rings. The Morgan fingerprint density at radius 3 is 2.92 bits per heavy atom. The number of nitrogen functional groups attached to an aromatic ring is 1. The number of aliphatic carboxylic acids is 1. The predicted molar refractivity (Wildman–Crippen MR) is 91.8 cm³/mol. The highest BCUT2D eigenvalue weighted by atomic mass is 35.5. The Morgan fingerprint density at radius 1 is 1.56 bits per heavy atom. The normalized spacial score (nSPS) is 21.0. The van der Waals surface area contributed by atoms with Gasteiger partial charge in [0, 0.05) is 26.7 Å². The number of likely N-dealkylation sites (tertiary alicyclic amines) is 1. The van der Waals surface area contributed by atoms with Crippen LogP contribution >= 0.6 is 11.6 Å². The summed E-state index contributed by atoms with van der Waals surface area (Å²) in [6, 6.07) is 0.934. The van der Waals surface area contributed by atoms with Crippen molar-refractivity contribution in [2.45, 2.75) is 25.0 Å². The van der Waals surface area contributed by atoms with Crippen molar-refractivity contribution < 1.29 is 19.4 Å². The van der Waals surface area contributed by atoms with Crippen LogP contribution in [0.15, 0.2) is 10.9 Å². The average molecular weight is 373 g/mol. The monoisotopic (exact) mass is 372 g/mol. The van der Waals surface area contributed by atoms with E-state index in [1.165, 1.54) is 13.2 Å². The number of carboxylic acids is 1. The van der Waals surface area contributed by atoms with Crippen molar-refractivity contribution in [3.8, 4) is 0 Å². The Morgan fingerprint density at radius 2 is 2.28 bits per heavy atom. The molecule has 1 amide bonds. The third kappa shape index (κ3) is 4.94. The number of nitrogens with one attached hydrogen (secondary N) is 2. The number of rotatable bonds is 6. The molecule has 5 N–H and O–H groups in total. The van der Waals surface area contributed by atoms with Crippen molar-refractivity contribution in [3.63, 3.8) is 0 Å². The minimum absolute atomic E-state index is 0.00437. The first-order valence-corrected chi connectivity index (χ1v) is 8.15. The van der Waals surface area contributed by atoms with E-state index < -0.39 is 17.4 Å². The van der Waals surface area contributed by atoms with Crippen LogP contribution in [0.4, 0.5) is 5.82 Å². The quantitative estimate of drug-likeness (QED) is 0.547. The number of hydrogen-bond donors (Lipinski definition) is 4. The van der Waals surface area contributed by atoms with Crippen molar-refractivity contribution in [1.82, 2.24) is 15.2 Å². The second-order valence-corrected chi connectivity index (χ2v) is 6.27. The van der Waals surface area contributed by atoms with E-state index in [2.05, 4.69) is 10.3 Å². The maximum absolute atomic E-state index is 12.4. The van der Waals surface area contributed by atoms with E-state index >= 15 is 0 Å². The van der Waals surface area contributed by atoms with Gasteiger partial charge in [-0.2, -0.15) is 0 Å². The molecule has 9 nitrogen and oxygen atoms in total. The summed E-state index contributed by atoms with van der Waals surface area (Å²) in [4.78, 5) is 39.2. The first-order chi connectivity index (χ1) is 11.8. The molecule has 0 aliphatic carbocycles. The van der Waals surface area contributed by atoms with Crippen LogP contribution in [0.2, 0.25) is 5.02 Å². The van der Waals surface area contributed by atoms with Crippen molar-refractivity contribution in [2.24, 2.45) is 0 Å². The summed E-state index contributed by atoms with van der Waals surface area (Å²) in [7, 11) is 1.53. The number of piperidine rings is 1. The Bertz CT molecular complexity index is 708. The fraction of sp³-hybridized carbons (Fsp3) is 0.533. The minimum Gasteiger partial charge on any atom is -0.481 e. The third-order valence-corrected chi connectivity index (χ3v) is 4.48. The summed E-state index contributed by atoms with van der Waals surface area (Å²) in [6.45, 7) is 1.54. The van der Waals surface area contributed by atoms with Crippen molar-refractivity contribution in [2.75, 3.05) is 32.5 Å². The van der Waals surface area contributed by atoms with E-state index in [4.69, 9.17) is 27.2 Å². The lowest BCUT2D eigenvalue weighted by Gasteiger charge is -2.37. The van der Waals surface area contributed by atoms with Crippen LogP contribution in [0, 0.1) is 0 Å². The highest BCUT2D eigenvalue weighted by molar-refractivity contribution is 6.33. The number of ether oxygens (including phenoxy) is 1. The molecule has 0 radical (unpaired) electrons. The lowest BCUT2D eigenvalue weighted by Crippen LogP contribution is -2.55. The van der Waals surface area contributed by atoms with Crippen LogP contribution in [-0.4, -0.2) is 65.8 Å². The van der Waals surface area contributed by atoms with Gasteiger partial charge in [0.15, 0.2) is 0 Å². The summed E-state index contributed by atoms with van der Waals surface area (Å²) < 4.78 is 5.41. The highest BCUT2D eigenvalue weighted by Crippen LogP contribution is 2.17. The van der Waals surface area contributed by atoms with Gasteiger partial charge in [-0.05, 0) is 12.5 Å². The molecular formula is C15H21ClN4O5. The largest absolute Gasteiger partial charge is 0.481 e. The number of halogens is 1. The van der Waals surface area contributed by atoms with Crippen molar-refractivity contribution >= 4 is 29.3 Å². The Kier molecular flexibility index (Phi) is 6.40. The smallest absolute Gasteiger partial charge is 0.304 e. The van der Waals surface area contributed by atoms with Gasteiger partial charge in [-0.25, -0.2) is 0 Å². The Hall–Kier alpha value is -2.10. The number of methoxy groups -OCH3 is 1. The SMILES string of the molecule is CO[C@@H]1CN(CCC(=O)O)CC[C@@H]1NC(=O)c1cc(Cl)c(N)[nH]c1=O. The molecule has 25 heavy (non-hydrogen) atoms.